The summed E-state index contributed by atoms with van der Waals surface area (Å²) in [5.41, 5.74) is 0.241. The van der Waals surface area contributed by atoms with E-state index in [0.29, 0.717) is 6.42 Å². The minimum Gasteiger partial charge on any atom is -0.387 e. The van der Waals surface area contributed by atoms with E-state index in [2.05, 4.69) is 5.32 Å². The van der Waals surface area contributed by atoms with Gasteiger partial charge in [-0.3, -0.25) is 4.79 Å². The fourth-order valence-electron chi connectivity index (χ4n) is 2.22. The van der Waals surface area contributed by atoms with E-state index in [1.165, 1.54) is 6.07 Å². The van der Waals surface area contributed by atoms with Crippen LogP contribution in [0, 0.1) is 17.6 Å². The predicted octanol–water partition coefficient (Wildman–Crippen LogP) is 2.47. The lowest BCUT2D eigenvalue weighted by atomic mass is 10.0. The van der Waals surface area contributed by atoms with Crippen LogP contribution in [0.15, 0.2) is 30.4 Å². The Morgan fingerprint density at radius 3 is 2.85 bits per heavy atom. The number of benzene rings is 1. The van der Waals surface area contributed by atoms with Gasteiger partial charge in [-0.05, 0) is 36.5 Å². The topological polar surface area (TPSA) is 49.3 Å². The smallest absolute Gasteiger partial charge is 0.220 e. The molecule has 0 spiro atoms. The van der Waals surface area contributed by atoms with E-state index in [4.69, 9.17) is 0 Å². The number of carbonyl (C=O) groups is 1. The highest BCUT2D eigenvalue weighted by Crippen LogP contribution is 2.20. The average Bonchev–Trinajstić information content (AvgIpc) is 2.92. The summed E-state index contributed by atoms with van der Waals surface area (Å²) in [5.74, 6) is -1.86. The van der Waals surface area contributed by atoms with Crippen LogP contribution in [0.5, 0.6) is 0 Å². The van der Waals surface area contributed by atoms with Gasteiger partial charge in [-0.15, -0.1) is 0 Å². The van der Waals surface area contributed by atoms with Crippen molar-refractivity contribution in [2.45, 2.75) is 25.4 Å². The van der Waals surface area contributed by atoms with E-state index < -0.39 is 17.7 Å². The standard InChI is InChI=1S/C15H17F2NO2/c16-12-6-5-11(8-13(12)17)14(19)9-18-15(20)7-10-3-1-2-4-10/h1,3,5-6,8,10,14,19H,2,4,7,9H2,(H,18,20). The van der Waals surface area contributed by atoms with Crippen molar-refractivity contribution in [2.24, 2.45) is 5.92 Å². The Morgan fingerprint density at radius 2 is 2.20 bits per heavy atom. The maximum Gasteiger partial charge on any atom is 0.220 e. The Balaban J connectivity index is 1.81. The zero-order valence-electron chi connectivity index (χ0n) is 11.0. The van der Waals surface area contributed by atoms with Crippen LogP contribution in [0.25, 0.3) is 0 Å². The molecule has 0 saturated heterocycles. The largest absolute Gasteiger partial charge is 0.387 e. The van der Waals surface area contributed by atoms with Gasteiger partial charge < -0.3 is 10.4 Å². The Hall–Kier alpha value is -1.75. The zero-order valence-corrected chi connectivity index (χ0v) is 11.0. The highest BCUT2D eigenvalue weighted by molar-refractivity contribution is 5.76. The Kier molecular flexibility index (Phi) is 4.84. The lowest BCUT2D eigenvalue weighted by Crippen LogP contribution is -2.29. The van der Waals surface area contributed by atoms with Gasteiger partial charge in [0.2, 0.25) is 5.91 Å². The van der Waals surface area contributed by atoms with E-state index >= 15 is 0 Å². The van der Waals surface area contributed by atoms with Crippen molar-refractivity contribution in [2.75, 3.05) is 6.54 Å². The lowest BCUT2D eigenvalue weighted by Gasteiger charge is -2.13. The molecule has 108 valence electrons. The van der Waals surface area contributed by atoms with Gasteiger partial charge in [-0.25, -0.2) is 8.78 Å². The molecule has 1 amide bonds. The second kappa shape index (κ2) is 6.61. The minimum absolute atomic E-state index is 0.0136. The van der Waals surface area contributed by atoms with Crippen LogP contribution in [0.2, 0.25) is 0 Å². The van der Waals surface area contributed by atoms with E-state index in [9.17, 15) is 18.7 Å². The highest BCUT2D eigenvalue weighted by Gasteiger charge is 2.16. The molecule has 0 aromatic heterocycles. The Bertz CT molecular complexity index is 517. The fourth-order valence-corrected chi connectivity index (χ4v) is 2.22. The summed E-state index contributed by atoms with van der Waals surface area (Å²) in [6.07, 6.45) is 5.38. The minimum atomic E-state index is -1.05. The third-order valence-electron chi connectivity index (χ3n) is 3.38. The monoisotopic (exact) mass is 281 g/mol. The van der Waals surface area contributed by atoms with Crippen LogP contribution in [-0.2, 0) is 4.79 Å². The summed E-state index contributed by atoms with van der Waals surface area (Å²) in [4.78, 5) is 11.7. The van der Waals surface area contributed by atoms with Crippen LogP contribution in [0.3, 0.4) is 0 Å². The summed E-state index contributed by atoms with van der Waals surface area (Å²) >= 11 is 0. The molecule has 2 rings (SSSR count). The number of rotatable bonds is 5. The van der Waals surface area contributed by atoms with Crippen LogP contribution >= 0.6 is 0 Å². The number of nitrogens with one attached hydrogen (secondary N) is 1. The van der Waals surface area contributed by atoms with Gasteiger partial charge in [0, 0.05) is 13.0 Å². The van der Waals surface area contributed by atoms with Gasteiger partial charge in [-0.1, -0.05) is 18.2 Å². The number of allylic oxidation sites excluding steroid dienone is 2. The number of halogens is 2. The molecule has 0 saturated carbocycles. The molecule has 0 aliphatic heterocycles. The van der Waals surface area contributed by atoms with Gasteiger partial charge in [0.1, 0.15) is 0 Å². The maximum absolute atomic E-state index is 13.0. The SMILES string of the molecule is O=C(CC1C=CCC1)NCC(O)c1ccc(F)c(F)c1. The molecule has 2 N–H and O–H groups in total. The van der Waals surface area contributed by atoms with Crippen LogP contribution < -0.4 is 5.32 Å². The zero-order chi connectivity index (χ0) is 14.5. The first-order valence-corrected chi connectivity index (χ1v) is 6.62. The molecule has 3 nitrogen and oxygen atoms in total. The molecule has 2 unspecified atom stereocenters. The highest BCUT2D eigenvalue weighted by atomic mass is 19.2. The van der Waals surface area contributed by atoms with E-state index in [1.807, 2.05) is 12.2 Å². The number of hydrogen-bond acceptors (Lipinski definition) is 2. The third kappa shape index (κ3) is 3.87. The molecule has 1 aromatic rings. The molecule has 5 heteroatoms. The predicted molar refractivity (Wildman–Crippen MR) is 70.8 cm³/mol. The summed E-state index contributed by atoms with van der Waals surface area (Å²) in [6, 6.07) is 3.19. The molecule has 0 bridgehead atoms. The van der Waals surface area contributed by atoms with Crippen LogP contribution in [0.1, 0.15) is 30.9 Å². The van der Waals surface area contributed by atoms with E-state index in [0.717, 1.165) is 25.0 Å². The first-order valence-electron chi connectivity index (χ1n) is 6.62. The van der Waals surface area contributed by atoms with Crippen molar-refractivity contribution in [1.29, 1.82) is 0 Å². The van der Waals surface area contributed by atoms with Gasteiger partial charge in [-0.2, -0.15) is 0 Å². The quantitative estimate of drug-likeness (QED) is 0.815. The van der Waals surface area contributed by atoms with Crippen LogP contribution in [0.4, 0.5) is 8.78 Å². The molecule has 1 aliphatic carbocycles. The van der Waals surface area contributed by atoms with Gasteiger partial charge >= 0.3 is 0 Å². The van der Waals surface area contributed by atoms with Crippen molar-refractivity contribution in [3.63, 3.8) is 0 Å². The Labute approximate surface area is 116 Å². The van der Waals surface area contributed by atoms with Crippen molar-refractivity contribution >= 4 is 5.91 Å². The average molecular weight is 281 g/mol. The molecular formula is C15H17F2NO2. The summed E-state index contributed by atoms with van der Waals surface area (Å²) in [6.45, 7) is -0.0136. The van der Waals surface area contributed by atoms with Crippen LogP contribution in [-0.4, -0.2) is 17.6 Å². The molecule has 0 fully saturated rings. The first kappa shape index (κ1) is 14.7. The lowest BCUT2D eigenvalue weighted by molar-refractivity contribution is -0.122. The van der Waals surface area contributed by atoms with E-state index in [-0.39, 0.29) is 23.9 Å². The normalized spacial score (nSPS) is 19.1. The molecule has 20 heavy (non-hydrogen) atoms. The number of carbonyl (C=O) groups excluding carboxylic acids is 1. The van der Waals surface area contributed by atoms with Gasteiger partial charge in [0.05, 0.1) is 6.10 Å². The summed E-state index contributed by atoms with van der Waals surface area (Å²) in [7, 11) is 0. The van der Waals surface area contributed by atoms with Crippen molar-refractivity contribution in [1.82, 2.24) is 5.32 Å². The summed E-state index contributed by atoms with van der Waals surface area (Å²) in [5, 5.41) is 12.4. The second-order valence-electron chi connectivity index (χ2n) is 4.96. The van der Waals surface area contributed by atoms with Gasteiger partial charge in [0.25, 0.3) is 0 Å². The first-order chi connectivity index (χ1) is 9.56. The van der Waals surface area contributed by atoms with E-state index in [1.54, 1.807) is 0 Å². The second-order valence-corrected chi connectivity index (χ2v) is 4.96. The number of amides is 1. The molecule has 0 radical (unpaired) electrons. The number of aliphatic hydroxyl groups is 1. The fraction of sp³-hybridized carbons (Fsp3) is 0.400. The summed E-state index contributed by atoms with van der Waals surface area (Å²) < 4.78 is 25.8. The molecular weight excluding hydrogens is 264 g/mol. The molecule has 1 aliphatic rings. The van der Waals surface area contributed by atoms with Crippen molar-refractivity contribution in [3.05, 3.63) is 47.5 Å². The molecule has 1 aromatic carbocycles. The Morgan fingerprint density at radius 1 is 1.40 bits per heavy atom. The molecule has 0 heterocycles. The number of aliphatic hydroxyl groups excluding tert-OH is 1. The maximum atomic E-state index is 13.0. The van der Waals surface area contributed by atoms with Crippen molar-refractivity contribution < 1.29 is 18.7 Å². The van der Waals surface area contributed by atoms with Gasteiger partial charge in [0.15, 0.2) is 11.6 Å². The van der Waals surface area contributed by atoms with Crippen molar-refractivity contribution in [3.8, 4) is 0 Å². The molecule has 2 atom stereocenters. The third-order valence-corrected chi connectivity index (χ3v) is 3.38. The number of hydrogen-bond donors (Lipinski definition) is 2.